The number of sulfone groups is 1. The molecule has 0 atom stereocenters. The second-order valence-corrected chi connectivity index (χ2v) is 8.79. The number of carbonyl (C=O) groups is 1. The molecule has 0 unspecified atom stereocenters. The van der Waals surface area contributed by atoms with Crippen LogP contribution in [0.1, 0.15) is 16.1 Å². The Morgan fingerprint density at radius 1 is 1.06 bits per heavy atom. The number of methoxy groups -OCH3 is 1. The third kappa shape index (κ3) is 3.83. The van der Waals surface area contributed by atoms with Gasteiger partial charge in [-0.25, -0.2) is 22.9 Å². The van der Waals surface area contributed by atoms with Crippen LogP contribution >= 0.6 is 0 Å². The van der Waals surface area contributed by atoms with Crippen molar-refractivity contribution in [1.29, 1.82) is 0 Å². The average molecular weight is 451 g/mol. The van der Waals surface area contributed by atoms with E-state index in [1.807, 2.05) is 0 Å². The van der Waals surface area contributed by atoms with Gasteiger partial charge >= 0.3 is 5.97 Å². The highest BCUT2D eigenvalue weighted by Gasteiger charge is 2.19. The van der Waals surface area contributed by atoms with Crippen LogP contribution in [0.4, 0.5) is 0 Å². The number of aromatic nitrogens is 3. The van der Waals surface area contributed by atoms with Crippen LogP contribution in [0.25, 0.3) is 10.8 Å². The van der Waals surface area contributed by atoms with Gasteiger partial charge < -0.3 is 9.84 Å². The SMILES string of the molecule is COc1ccc(Cn2ncc3cc(S(=O)(=O)c4ccccc4)ccc3c2=O)c(C(=O)O)n1. The van der Waals surface area contributed by atoms with E-state index >= 15 is 0 Å². The van der Waals surface area contributed by atoms with E-state index in [1.165, 1.54) is 55.8 Å². The van der Waals surface area contributed by atoms with E-state index in [9.17, 15) is 23.1 Å². The summed E-state index contributed by atoms with van der Waals surface area (Å²) in [6.07, 6.45) is 1.37. The number of fused-ring (bicyclic) bond motifs is 1. The number of pyridine rings is 1. The third-order valence-corrected chi connectivity index (χ3v) is 6.64. The minimum absolute atomic E-state index is 0.0441. The van der Waals surface area contributed by atoms with E-state index in [0.29, 0.717) is 5.39 Å². The fraction of sp³-hybridized carbons (Fsp3) is 0.0909. The summed E-state index contributed by atoms with van der Waals surface area (Å²) in [6.45, 7) is -0.128. The summed E-state index contributed by atoms with van der Waals surface area (Å²) >= 11 is 0. The Hall–Kier alpha value is -4.05. The van der Waals surface area contributed by atoms with Crippen LogP contribution in [0.5, 0.6) is 5.88 Å². The van der Waals surface area contributed by atoms with E-state index in [4.69, 9.17) is 4.74 Å². The molecular formula is C22H17N3O6S. The second kappa shape index (κ2) is 8.23. The first-order chi connectivity index (χ1) is 15.3. The fourth-order valence-electron chi connectivity index (χ4n) is 3.24. The van der Waals surface area contributed by atoms with Crippen molar-refractivity contribution in [3.8, 4) is 5.88 Å². The standard InChI is InChI=1S/C22H17N3O6S/c1-31-19-10-7-14(20(24-19)22(27)28)13-25-21(26)18-9-8-17(11-15(18)12-23-25)32(29,30)16-5-3-2-4-6-16/h2-12H,13H2,1H3,(H,27,28). The molecule has 9 nitrogen and oxygen atoms in total. The molecule has 0 aliphatic carbocycles. The first kappa shape index (κ1) is 21.2. The maximum atomic E-state index is 12.9. The molecule has 4 rings (SSSR count). The summed E-state index contributed by atoms with van der Waals surface area (Å²) < 4.78 is 31.8. The van der Waals surface area contributed by atoms with Gasteiger partial charge in [0.25, 0.3) is 5.56 Å². The highest BCUT2D eigenvalue weighted by molar-refractivity contribution is 7.91. The van der Waals surface area contributed by atoms with Crippen LogP contribution in [-0.4, -0.2) is 41.4 Å². The van der Waals surface area contributed by atoms with Crippen molar-refractivity contribution in [1.82, 2.24) is 14.8 Å². The Morgan fingerprint density at radius 2 is 1.81 bits per heavy atom. The molecule has 4 aromatic rings. The molecule has 0 amide bonds. The zero-order valence-corrected chi connectivity index (χ0v) is 17.6. The lowest BCUT2D eigenvalue weighted by Gasteiger charge is -2.10. The lowest BCUT2D eigenvalue weighted by molar-refractivity contribution is 0.0688. The minimum atomic E-state index is -3.75. The summed E-state index contributed by atoms with van der Waals surface area (Å²) in [5.41, 5.74) is -0.462. The van der Waals surface area contributed by atoms with E-state index in [1.54, 1.807) is 18.2 Å². The first-order valence-corrected chi connectivity index (χ1v) is 10.9. The quantitative estimate of drug-likeness (QED) is 0.473. The molecule has 2 heterocycles. The zero-order valence-electron chi connectivity index (χ0n) is 16.8. The topological polar surface area (TPSA) is 128 Å². The van der Waals surface area contributed by atoms with E-state index in [-0.39, 0.29) is 38.9 Å². The van der Waals surface area contributed by atoms with Gasteiger partial charge in [0.2, 0.25) is 15.7 Å². The monoisotopic (exact) mass is 451 g/mol. The Kier molecular flexibility index (Phi) is 5.45. The van der Waals surface area contributed by atoms with Gasteiger partial charge in [-0.2, -0.15) is 5.10 Å². The lowest BCUT2D eigenvalue weighted by atomic mass is 10.1. The summed E-state index contributed by atoms with van der Waals surface area (Å²) in [5.74, 6) is -1.12. The Balaban J connectivity index is 1.74. The molecule has 1 N–H and O–H groups in total. The van der Waals surface area contributed by atoms with E-state index in [0.717, 1.165) is 4.68 Å². The number of rotatable bonds is 6. The highest BCUT2D eigenvalue weighted by atomic mass is 32.2. The molecule has 0 saturated heterocycles. The fourth-order valence-corrected chi connectivity index (χ4v) is 4.56. The van der Waals surface area contributed by atoms with Crippen molar-refractivity contribution in [2.75, 3.05) is 7.11 Å². The van der Waals surface area contributed by atoms with Crippen LogP contribution in [0.3, 0.4) is 0 Å². The van der Waals surface area contributed by atoms with Crippen LogP contribution in [-0.2, 0) is 16.4 Å². The van der Waals surface area contributed by atoms with Crippen molar-refractivity contribution < 1.29 is 23.1 Å². The molecule has 10 heteroatoms. The summed E-state index contributed by atoms with van der Waals surface area (Å²) in [7, 11) is -2.38. The van der Waals surface area contributed by atoms with E-state index < -0.39 is 21.4 Å². The molecule has 0 saturated carbocycles. The third-order valence-electron chi connectivity index (χ3n) is 4.87. The van der Waals surface area contributed by atoms with Crippen molar-refractivity contribution in [2.24, 2.45) is 0 Å². The van der Waals surface area contributed by atoms with Crippen molar-refractivity contribution in [2.45, 2.75) is 16.3 Å². The van der Waals surface area contributed by atoms with Crippen molar-refractivity contribution >= 4 is 26.6 Å². The van der Waals surface area contributed by atoms with Gasteiger partial charge in [0.15, 0.2) is 5.69 Å². The average Bonchev–Trinajstić information content (AvgIpc) is 2.81. The molecule has 0 spiro atoms. The molecule has 32 heavy (non-hydrogen) atoms. The smallest absolute Gasteiger partial charge is 0.354 e. The van der Waals surface area contributed by atoms with Gasteiger partial charge in [0.1, 0.15) is 0 Å². The normalized spacial score (nSPS) is 11.4. The van der Waals surface area contributed by atoms with Crippen LogP contribution in [0, 0.1) is 0 Å². The number of ether oxygens (including phenoxy) is 1. The number of nitrogens with zero attached hydrogens (tertiary/aromatic N) is 3. The van der Waals surface area contributed by atoms with Gasteiger partial charge in [0.05, 0.1) is 35.0 Å². The second-order valence-electron chi connectivity index (χ2n) is 6.84. The highest BCUT2D eigenvalue weighted by Crippen LogP contribution is 2.23. The number of hydrogen-bond acceptors (Lipinski definition) is 7. The first-order valence-electron chi connectivity index (χ1n) is 9.38. The molecule has 0 radical (unpaired) electrons. The number of carboxylic acid groups (broad SMARTS) is 1. The molecule has 0 fully saturated rings. The Labute approximate surface area is 182 Å². The van der Waals surface area contributed by atoms with Crippen molar-refractivity contribution in [3.63, 3.8) is 0 Å². The largest absolute Gasteiger partial charge is 0.481 e. The predicted octanol–water partition coefficient (Wildman–Crippen LogP) is 2.38. The van der Waals surface area contributed by atoms with E-state index in [2.05, 4.69) is 10.1 Å². The Bertz CT molecular complexity index is 1500. The molecule has 0 bridgehead atoms. The van der Waals surface area contributed by atoms with Crippen molar-refractivity contribution in [3.05, 3.63) is 88.5 Å². The molecular weight excluding hydrogens is 434 g/mol. The number of aromatic carboxylic acids is 1. The number of hydrogen-bond donors (Lipinski definition) is 1. The minimum Gasteiger partial charge on any atom is -0.481 e. The summed E-state index contributed by atoms with van der Waals surface area (Å²) in [4.78, 5) is 28.6. The van der Waals surface area contributed by atoms with Crippen LogP contribution < -0.4 is 10.3 Å². The van der Waals surface area contributed by atoms with Gasteiger partial charge in [-0.05, 0) is 36.4 Å². The van der Waals surface area contributed by atoms with Gasteiger partial charge in [0, 0.05) is 17.0 Å². The summed E-state index contributed by atoms with van der Waals surface area (Å²) in [5, 5.41) is 14.1. The molecule has 2 aromatic heterocycles. The Morgan fingerprint density at radius 3 is 2.50 bits per heavy atom. The molecule has 0 aliphatic rings. The van der Waals surface area contributed by atoms with Crippen LogP contribution in [0.2, 0.25) is 0 Å². The molecule has 2 aromatic carbocycles. The van der Waals surface area contributed by atoms with Gasteiger partial charge in [-0.3, -0.25) is 4.79 Å². The maximum absolute atomic E-state index is 12.9. The van der Waals surface area contributed by atoms with Gasteiger partial charge in [-0.1, -0.05) is 18.2 Å². The van der Waals surface area contributed by atoms with Crippen LogP contribution in [0.15, 0.2) is 81.4 Å². The summed E-state index contributed by atoms with van der Waals surface area (Å²) in [6, 6.07) is 15.2. The predicted molar refractivity (Wildman–Crippen MR) is 115 cm³/mol. The number of carboxylic acids is 1. The number of benzene rings is 2. The van der Waals surface area contributed by atoms with Gasteiger partial charge in [-0.15, -0.1) is 0 Å². The molecule has 0 aliphatic heterocycles. The molecule has 162 valence electrons. The lowest BCUT2D eigenvalue weighted by Crippen LogP contribution is -2.24. The maximum Gasteiger partial charge on any atom is 0.354 e. The zero-order chi connectivity index (χ0) is 22.9.